The molecule has 0 amide bonds. The van der Waals surface area contributed by atoms with Crippen LogP contribution in [0.5, 0.6) is 0 Å². The molecule has 0 bridgehead atoms. The molecule has 2 aliphatic rings. The van der Waals surface area contributed by atoms with E-state index in [1.807, 2.05) is 97.1 Å². The van der Waals surface area contributed by atoms with E-state index in [2.05, 4.69) is 303 Å². The smallest absolute Gasteiger partial charge is 0.164 e. The molecule has 2 aromatic heterocycles. The van der Waals surface area contributed by atoms with Crippen LogP contribution in [0.4, 0.5) is 0 Å². The van der Waals surface area contributed by atoms with Crippen LogP contribution in [0.2, 0.25) is 0 Å². The molecule has 0 saturated carbocycles. The fraction of sp³-hybridized carbons (Fsp3) is 0.0204. The van der Waals surface area contributed by atoms with Gasteiger partial charge in [-0.15, -0.1) is 0 Å². The summed E-state index contributed by atoms with van der Waals surface area (Å²) in [4.78, 5) is 29.7. The Bertz CT molecular complexity index is 5780. The van der Waals surface area contributed by atoms with E-state index in [-0.39, 0.29) is 0 Å². The molecule has 15 aromatic carbocycles. The van der Waals surface area contributed by atoms with Gasteiger partial charge in [0.25, 0.3) is 0 Å². The summed E-state index contributed by atoms with van der Waals surface area (Å²) in [7, 11) is 0. The van der Waals surface area contributed by atoms with Gasteiger partial charge in [-0.2, -0.15) is 0 Å². The zero-order valence-electron chi connectivity index (χ0n) is 56.8. The van der Waals surface area contributed by atoms with E-state index in [1.54, 1.807) is 0 Å². The molecule has 6 nitrogen and oxygen atoms in total. The third-order valence-corrected chi connectivity index (χ3v) is 20.5. The Balaban J connectivity index is 0.000000149. The van der Waals surface area contributed by atoms with Crippen LogP contribution in [0, 0.1) is 0 Å². The highest BCUT2D eigenvalue weighted by Gasteiger charge is 2.47. The summed E-state index contributed by atoms with van der Waals surface area (Å²) in [5.74, 6) is 3.89. The molecule has 104 heavy (non-hydrogen) atoms. The highest BCUT2D eigenvalue weighted by molar-refractivity contribution is 5.89. The van der Waals surface area contributed by atoms with Gasteiger partial charge in [-0.05, 0) is 112 Å². The Morgan fingerprint density at radius 2 is 0.317 bits per heavy atom. The van der Waals surface area contributed by atoms with E-state index in [0.29, 0.717) is 34.9 Å². The molecule has 17 aromatic rings. The SMILES string of the molecule is c1ccc(-c2ccc(-c3nc(-c4ccccc4)nc(-c4ccc(-c5cccc(C6(c7ccccc7)c7ccccc7-c7ccccc76)c5)cc4)n3)cc2)cc1.c1ccc(-c2nc(-c3ccccc3)nc(-c3ccc(-c4cccc(C5(c6ccccc6)c6ccccc6-c6ccccc65)c4)cc3)n2)cc1. The average Bonchev–Trinajstić information content (AvgIpc) is 1.52. The third-order valence-electron chi connectivity index (χ3n) is 20.5. The molecule has 2 heterocycles. The molecule has 2 aliphatic carbocycles. The number of fused-ring (bicyclic) bond motifs is 6. The van der Waals surface area contributed by atoms with Gasteiger partial charge in [0, 0.05) is 33.4 Å². The van der Waals surface area contributed by atoms with Crippen LogP contribution in [-0.2, 0) is 10.8 Å². The van der Waals surface area contributed by atoms with Crippen molar-refractivity contribution in [2.75, 3.05) is 0 Å². The predicted octanol–water partition coefficient (Wildman–Crippen LogP) is 23.5. The van der Waals surface area contributed by atoms with Crippen LogP contribution in [-0.4, -0.2) is 29.9 Å². The topological polar surface area (TPSA) is 77.3 Å². The van der Waals surface area contributed by atoms with Gasteiger partial charge < -0.3 is 0 Å². The van der Waals surface area contributed by atoms with Crippen molar-refractivity contribution >= 4 is 0 Å². The van der Waals surface area contributed by atoms with Crippen molar-refractivity contribution in [3.63, 3.8) is 0 Å². The van der Waals surface area contributed by atoms with Gasteiger partial charge in [0.1, 0.15) is 0 Å². The van der Waals surface area contributed by atoms with Crippen LogP contribution >= 0.6 is 0 Å². The Labute approximate surface area is 605 Å². The fourth-order valence-corrected chi connectivity index (χ4v) is 15.6. The Morgan fingerprint density at radius 3 is 0.596 bits per heavy atom. The summed E-state index contributed by atoms with van der Waals surface area (Å²) in [6.07, 6.45) is 0. The van der Waals surface area contributed by atoms with Crippen molar-refractivity contribution in [3.05, 3.63) is 445 Å². The lowest BCUT2D eigenvalue weighted by Crippen LogP contribution is -2.28. The van der Waals surface area contributed by atoms with Crippen molar-refractivity contribution < 1.29 is 0 Å². The molecule has 0 N–H and O–H groups in total. The molecule has 488 valence electrons. The van der Waals surface area contributed by atoms with Gasteiger partial charge in [0.15, 0.2) is 34.9 Å². The van der Waals surface area contributed by atoms with E-state index in [1.165, 1.54) is 72.3 Å². The fourth-order valence-electron chi connectivity index (χ4n) is 15.6. The van der Waals surface area contributed by atoms with Gasteiger partial charge >= 0.3 is 0 Å². The van der Waals surface area contributed by atoms with Crippen LogP contribution in [0.15, 0.2) is 400 Å². The Morgan fingerprint density at radius 1 is 0.135 bits per heavy atom. The van der Waals surface area contributed by atoms with E-state index < -0.39 is 10.8 Å². The number of rotatable bonds is 13. The van der Waals surface area contributed by atoms with Crippen LogP contribution in [0.3, 0.4) is 0 Å². The van der Waals surface area contributed by atoms with Crippen molar-refractivity contribution in [2.24, 2.45) is 0 Å². The van der Waals surface area contributed by atoms with E-state index >= 15 is 0 Å². The quantitative estimate of drug-likeness (QED) is 0.114. The summed E-state index contributed by atoms with van der Waals surface area (Å²) < 4.78 is 0. The molecule has 0 spiro atoms. The van der Waals surface area contributed by atoms with Crippen LogP contribution in [0.1, 0.15) is 44.5 Å². The maximum Gasteiger partial charge on any atom is 0.164 e. The van der Waals surface area contributed by atoms with Gasteiger partial charge in [-0.3, -0.25) is 0 Å². The predicted molar refractivity (Wildman–Crippen MR) is 423 cm³/mol. The maximum atomic E-state index is 5.03. The maximum absolute atomic E-state index is 5.03. The first kappa shape index (κ1) is 62.6. The standard InChI is InChI=1S/C52H35N3.C46H31N3/c1-4-15-36(16-5-1)37-27-31-40(32-28-37)50-53-49(39-17-6-2-7-18-39)54-51(55-50)41-33-29-38(30-34-41)42-19-14-22-44(35-42)52(43-20-8-3-9-21-43)47-25-12-10-23-45(47)46-24-11-13-26-48(46)52;1-4-15-33(16-5-1)43-47-44(34-17-6-2-7-18-34)49-45(48-43)35-29-27-32(28-30-35)36-19-14-22-38(31-36)46(37-20-8-3-9-21-37)41-25-12-10-23-39(41)40-24-11-13-26-42(40)46/h1-35H;1-31H. The Hall–Kier alpha value is -13.7. The molecule has 0 unspecified atom stereocenters. The number of hydrogen-bond donors (Lipinski definition) is 0. The minimum atomic E-state index is -0.446. The minimum absolute atomic E-state index is 0.434. The molecule has 0 saturated heterocycles. The molecule has 19 rings (SSSR count). The van der Waals surface area contributed by atoms with Gasteiger partial charge in [-0.1, -0.05) is 388 Å². The largest absolute Gasteiger partial charge is 0.208 e. The monoisotopic (exact) mass is 1330 g/mol. The number of benzene rings is 15. The van der Waals surface area contributed by atoms with Crippen molar-refractivity contribution in [2.45, 2.75) is 10.8 Å². The van der Waals surface area contributed by atoms with Crippen molar-refractivity contribution in [1.82, 2.24) is 29.9 Å². The van der Waals surface area contributed by atoms with Gasteiger partial charge in [0.2, 0.25) is 0 Å². The van der Waals surface area contributed by atoms with E-state index in [0.717, 1.165) is 61.2 Å². The van der Waals surface area contributed by atoms with Crippen LogP contribution < -0.4 is 0 Å². The molecule has 0 radical (unpaired) electrons. The lowest BCUT2D eigenvalue weighted by atomic mass is 9.67. The van der Waals surface area contributed by atoms with E-state index in [9.17, 15) is 0 Å². The van der Waals surface area contributed by atoms with E-state index in [4.69, 9.17) is 29.9 Å². The summed E-state index contributed by atoms with van der Waals surface area (Å²) in [5.41, 5.74) is 27.1. The highest BCUT2D eigenvalue weighted by Crippen LogP contribution is 2.58. The molecular weight excluding hydrogens is 1260 g/mol. The molecular formula is C98H66N6. The summed E-state index contributed by atoms with van der Waals surface area (Å²) in [5, 5.41) is 0. The van der Waals surface area contributed by atoms with Gasteiger partial charge in [-0.25, -0.2) is 29.9 Å². The molecule has 0 atom stereocenters. The highest BCUT2D eigenvalue weighted by atomic mass is 15.0. The molecule has 0 aliphatic heterocycles. The second-order valence-electron chi connectivity index (χ2n) is 26.4. The first-order valence-corrected chi connectivity index (χ1v) is 35.3. The number of hydrogen-bond acceptors (Lipinski definition) is 6. The lowest BCUT2D eigenvalue weighted by Gasteiger charge is -2.34. The third kappa shape index (κ3) is 11.3. The number of nitrogens with zero attached hydrogens (tertiary/aromatic N) is 6. The minimum Gasteiger partial charge on any atom is -0.208 e. The zero-order valence-corrected chi connectivity index (χ0v) is 56.8. The summed E-state index contributed by atoms with van der Waals surface area (Å²) in [6, 6.07) is 142. The second-order valence-corrected chi connectivity index (χ2v) is 26.4. The van der Waals surface area contributed by atoms with Crippen LogP contribution in [0.25, 0.3) is 124 Å². The molecule has 6 heteroatoms. The average molecular weight is 1330 g/mol. The second kappa shape index (κ2) is 27.1. The Kier molecular flexibility index (Phi) is 16.3. The first-order chi connectivity index (χ1) is 51.5. The molecule has 0 fully saturated rings. The van der Waals surface area contributed by atoms with Crippen molar-refractivity contribution in [3.8, 4) is 124 Å². The number of aromatic nitrogens is 6. The normalized spacial score (nSPS) is 12.6. The first-order valence-electron chi connectivity index (χ1n) is 35.3. The van der Waals surface area contributed by atoms with Crippen molar-refractivity contribution in [1.29, 1.82) is 0 Å². The summed E-state index contributed by atoms with van der Waals surface area (Å²) in [6.45, 7) is 0. The summed E-state index contributed by atoms with van der Waals surface area (Å²) >= 11 is 0. The lowest BCUT2D eigenvalue weighted by molar-refractivity contribution is 0.769. The van der Waals surface area contributed by atoms with Gasteiger partial charge in [0.05, 0.1) is 10.8 Å². The zero-order chi connectivity index (χ0) is 69.2.